The Labute approximate surface area is 109 Å². The highest BCUT2D eigenvalue weighted by Crippen LogP contribution is 2.40. The molecule has 0 spiro atoms. The van der Waals surface area contributed by atoms with E-state index in [0.717, 1.165) is 0 Å². The third-order valence-corrected chi connectivity index (χ3v) is 4.08. The third-order valence-electron chi connectivity index (χ3n) is 3.19. The van der Waals surface area contributed by atoms with Crippen molar-refractivity contribution in [1.29, 1.82) is 0 Å². The fourth-order valence-electron chi connectivity index (χ4n) is 2.48. The van der Waals surface area contributed by atoms with Gasteiger partial charge in [-0.3, -0.25) is 0 Å². The summed E-state index contributed by atoms with van der Waals surface area (Å²) in [6, 6.07) is 6.87. The number of hydrogen-bond acceptors (Lipinski definition) is 1. The standard InChI is InChI=1S/C16H22S/c1-15(2,3)12-7-8-13-11(9-10-17-13)14(12)16(4,5)6/h7-10H,1-6H3. The number of thiophene rings is 1. The Kier molecular flexibility index (Phi) is 2.86. The first-order chi connectivity index (χ1) is 7.71. The van der Waals surface area contributed by atoms with Gasteiger partial charge in [0.15, 0.2) is 0 Å². The lowest BCUT2D eigenvalue weighted by atomic mass is 9.74. The molecule has 2 rings (SSSR count). The van der Waals surface area contributed by atoms with Gasteiger partial charge in [-0.05, 0) is 44.9 Å². The lowest BCUT2D eigenvalue weighted by molar-refractivity contribution is 0.535. The lowest BCUT2D eigenvalue weighted by Crippen LogP contribution is -2.22. The molecule has 0 amide bonds. The molecule has 0 N–H and O–H groups in total. The van der Waals surface area contributed by atoms with Gasteiger partial charge in [-0.25, -0.2) is 0 Å². The van der Waals surface area contributed by atoms with Crippen LogP contribution in [0.5, 0.6) is 0 Å². The molecule has 17 heavy (non-hydrogen) atoms. The van der Waals surface area contributed by atoms with Crippen LogP contribution in [0, 0.1) is 0 Å². The van der Waals surface area contributed by atoms with Crippen molar-refractivity contribution in [1.82, 2.24) is 0 Å². The molecule has 0 aliphatic carbocycles. The summed E-state index contributed by atoms with van der Waals surface area (Å²) in [4.78, 5) is 0. The zero-order chi connectivity index (χ0) is 12.8. The van der Waals surface area contributed by atoms with E-state index in [1.54, 1.807) is 0 Å². The predicted molar refractivity (Wildman–Crippen MR) is 79.2 cm³/mol. The highest BCUT2D eigenvalue weighted by Gasteiger charge is 2.26. The average molecular weight is 246 g/mol. The van der Waals surface area contributed by atoms with Crippen LogP contribution in [-0.4, -0.2) is 0 Å². The Morgan fingerprint density at radius 2 is 1.47 bits per heavy atom. The summed E-state index contributed by atoms with van der Waals surface area (Å²) >= 11 is 1.84. The van der Waals surface area contributed by atoms with Crippen molar-refractivity contribution in [3.63, 3.8) is 0 Å². The average Bonchev–Trinajstić information content (AvgIpc) is 2.59. The van der Waals surface area contributed by atoms with E-state index in [1.165, 1.54) is 21.2 Å². The zero-order valence-corrected chi connectivity index (χ0v) is 12.5. The van der Waals surface area contributed by atoms with Crippen molar-refractivity contribution < 1.29 is 0 Å². The molecule has 0 atom stereocenters. The van der Waals surface area contributed by atoms with Crippen LogP contribution >= 0.6 is 11.3 Å². The van der Waals surface area contributed by atoms with Gasteiger partial charge in [0, 0.05) is 4.70 Å². The van der Waals surface area contributed by atoms with Gasteiger partial charge < -0.3 is 0 Å². The number of fused-ring (bicyclic) bond motifs is 1. The van der Waals surface area contributed by atoms with Crippen LogP contribution in [0.15, 0.2) is 23.6 Å². The summed E-state index contributed by atoms with van der Waals surface area (Å²) in [7, 11) is 0. The number of benzene rings is 1. The van der Waals surface area contributed by atoms with Gasteiger partial charge in [0.1, 0.15) is 0 Å². The monoisotopic (exact) mass is 246 g/mol. The second kappa shape index (κ2) is 3.84. The number of hydrogen-bond donors (Lipinski definition) is 0. The molecular formula is C16H22S. The quantitative estimate of drug-likeness (QED) is 0.576. The highest BCUT2D eigenvalue weighted by molar-refractivity contribution is 7.17. The van der Waals surface area contributed by atoms with Crippen LogP contribution in [0.3, 0.4) is 0 Å². The fourth-order valence-corrected chi connectivity index (χ4v) is 3.27. The Bertz CT molecular complexity index is 533. The van der Waals surface area contributed by atoms with Gasteiger partial charge in [-0.1, -0.05) is 47.6 Å². The minimum Gasteiger partial charge on any atom is -0.144 e. The first-order valence-corrected chi connectivity index (χ1v) is 7.10. The molecule has 0 nitrogen and oxygen atoms in total. The molecule has 0 bridgehead atoms. The van der Waals surface area contributed by atoms with E-state index >= 15 is 0 Å². The van der Waals surface area contributed by atoms with Crippen molar-refractivity contribution in [2.45, 2.75) is 52.4 Å². The Morgan fingerprint density at radius 3 is 2.00 bits per heavy atom. The Hall–Kier alpha value is -0.820. The Morgan fingerprint density at radius 1 is 0.824 bits per heavy atom. The van der Waals surface area contributed by atoms with Crippen LogP contribution in [0.2, 0.25) is 0 Å². The molecule has 0 fully saturated rings. The smallest absolute Gasteiger partial charge is 0.0345 e. The first-order valence-electron chi connectivity index (χ1n) is 6.22. The van der Waals surface area contributed by atoms with Crippen molar-refractivity contribution in [3.8, 4) is 0 Å². The minimum atomic E-state index is 0.198. The lowest BCUT2D eigenvalue weighted by Gasteiger charge is -2.30. The molecule has 0 unspecified atom stereocenters. The summed E-state index contributed by atoms with van der Waals surface area (Å²) in [6.45, 7) is 13.8. The van der Waals surface area contributed by atoms with Crippen LogP contribution in [0.25, 0.3) is 10.1 Å². The highest BCUT2D eigenvalue weighted by atomic mass is 32.1. The van der Waals surface area contributed by atoms with E-state index in [1.807, 2.05) is 11.3 Å². The molecule has 0 aliphatic heterocycles. The van der Waals surface area contributed by atoms with E-state index in [0.29, 0.717) is 0 Å². The van der Waals surface area contributed by atoms with Crippen LogP contribution in [0.4, 0.5) is 0 Å². The molecule has 0 aliphatic rings. The molecule has 1 aromatic carbocycles. The van der Waals surface area contributed by atoms with Gasteiger partial charge in [-0.15, -0.1) is 11.3 Å². The minimum absolute atomic E-state index is 0.198. The summed E-state index contributed by atoms with van der Waals surface area (Å²) in [5.41, 5.74) is 3.40. The topological polar surface area (TPSA) is 0 Å². The van der Waals surface area contributed by atoms with Gasteiger partial charge >= 0.3 is 0 Å². The SMILES string of the molecule is CC(C)(C)c1ccc2sccc2c1C(C)(C)C. The maximum absolute atomic E-state index is 2.32. The molecule has 1 heterocycles. The molecule has 0 radical (unpaired) electrons. The predicted octanol–water partition coefficient (Wildman–Crippen LogP) is 5.50. The second-order valence-electron chi connectivity index (χ2n) is 6.82. The summed E-state index contributed by atoms with van der Waals surface area (Å²) in [5.74, 6) is 0. The van der Waals surface area contributed by atoms with Gasteiger partial charge in [0.25, 0.3) is 0 Å². The third kappa shape index (κ3) is 2.26. The fraction of sp³-hybridized carbons (Fsp3) is 0.500. The van der Waals surface area contributed by atoms with Crippen molar-refractivity contribution in [2.75, 3.05) is 0 Å². The van der Waals surface area contributed by atoms with E-state index in [4.69, 9.17) is 0 Å². The Balaban J connectivity index is 2.85. The summed E-state index contributed by atoms with van der Waals surface area (Å²) in [6.07, 6.45) is 0. The molecule has 1 heteroatoms. The van der Waals surface area contributed by atoms with Crippen LogP contribution < -0.4 is 0 Å². The van der Waals surface area contributed by atoms with E-state index < -0.39 is 0 Å². The maximum atomic E-state index is 2.32. The van der Waals surface area contributed by atoms with Crippen LogP contribution in [-0.2, 0) is 10.8 Å². The van der Waals surface area contributed by atoms with Crippen molar-refractivity contribution in [3.05, 3.63) is 34.7 Å². The first kappa shape index (κ1) is 12.6. The second-order valence-corrected chi connectivity index (χ2v) is 7.77. The number of rotatable bonds is 0. The van der Waals surface area contributed by atoms with Gasteiger partial charge in [-0.2, -0.15) is 0 Å². The molecule has 0 saturated carbocycles. The molecule has 92 valence electrons. The van der Waals surface area contributed by atoms with E-state index in [-0.39, 0.29) is 10.8 Å². The van der Waals surface area contributed by atoms with E-state index in [2.05, 4.69) is 65.1 Å². The van der Waals surface area contributed by atoms with Gasteiger partial charge in [0.05, 0.1) is 0 Å². The molecular weight excluding hydrogens is 224 g/mol. The summed E-state index contributed by atoms with van der Waals surface area (Å²) < 4.78 is 1.41. The largest absolute Gasteiger partial charge is 0.144 e. The van der Waals surface area contributed by atoms with Crippen LogP contribution in [0.1, 0.15) is 52.7 Å². The normalized spacial score (nSPS) is 13.3. The zero-order valence-electron chi connectivity index (χ0n) is 11.7. The van der Waals surface area contributed by atoms with Crippen molar-refractivity contribution >= 4 is 21.4 Å². The molecule has 0 saturated heterocycles. The molecule has 2 aromatic rings. The molecule has 1 aromatic heterocycles. The van der Waals surface area contributed by atoms with Crippen molar-refractivity contribution in [2.24, 2.45) is 0 Å². The van der Waals surface area contributed by atoms with E-state index in [9.17, 15) is 0 Å². The maximum Gasteiger partial charge on any atom is 0.0345 e. The van der Waals surface area contributed by atoms with Gasteiger partial charge in [0.2, 0.25) is 0 Å². The summed E-state index contributed by atoms with van der Waals surface area (Å²) in [5, 5.41) is 3.64.